The van der Waals surface area contributed by atoms with Crippen molar-refractivity contribution in [2.24, 2.45) is 0 Å². The molecule has 1 heterocycles. The average Bonchev–Trinajstić information content (AvgIpc) is 1.69. The maximum atomic E-state index is 10.1. The van der Waals surface area contributed by atoms with Crippen LogP contribution in [0.5, 0.6) is 0 Å². The molecule has 0 aliphatic heterocycles. The Morgan fingerprint density at radius 1 is 1.44 bits per heavy atom. The van der Waals surface area contributed by atoms with Gasteiger partial charge >= 0.3 is 4.87 Å². The molecule has 0 radical (unpaired) electrons. The molecule has 52 valence electrons. The Bertz CT molecular complexity index is 186. The van der Waals surface area contributed by atoms with E-state index in [-0.39, 0.29) is 29.7 Å². The Labute approximate surface area is 68.0 Å². The lowest BCUT2D eigenvalue weighted by molar-refractivity contribution is 1.02. The normalized spacial score (nSPS) is 6.67. The van der Waals surface area contributed by atoms with Gasteiger partial charge in [0.15, 0.2) is 0 Å². The molecule has 0 aliphatic carbocycles. The molecule has 1 aromatic heterocycles. The van der Waals surface area contributed by atoms with Crippen molar-refractivity contribution in [2.75, 3.05) is 0 Å². The Kier molecular flexibility index (Phi) is 7.65. The third-order valence-electron chi connectivity index (χ3n) is 0.436. The Morgan fingerprint density at radius 3 is 2.33 bits per heavy atom. The molecule has 0 unspecified atom stereocenters. The van der Waals surface area contributed by atoms with Crippen LogP contribution in [0.4, 0.5) is 0 Å². The number of aromatic nitrogens is 2. The predicted octanol–water partition coefficient (Wildman–Crippen LogP) is 0.742. The van der Waals surface area contributed by atoms with Crippen LogP contribution in [0, 0.1) is 0 Å². The molecule has 0 spiro atoms. The maximum Gasteiger partial charge on any atom is 0.344 e. The minimum atomic E-state index is -0.248. The van der Waals surface area contributed by atoms with Gasteiger partial charge < -0.3 is 0 Å². The Hall–Kier alpha value is -0.190. The van der Waals surface area contributed by atoms with E-state index >= 15 is 0 Å². The molecule has 1 rings (SSSR count). The fourth-order valence-electron chi connectivity index (χ4n) is 0.220. The zero-order chi connectivity index (χ0) is 5.11. The van der Waals surface area contributed by atoms with Crippen molar-refractivity contribution in [2.45, 2.75) is 0 Å². The summed E-state index contributed by atoms with van der Waals surface area (Å²) in [5, 5.41) is 8.12. The third-order valence-corrected chi connectivity index (χ3v) is 0.977. The van der Waals surface area contributed by atoms with Crippen molar-refractivity contribution < 1.29 is 0 Å². The lowest BCUT2D eigenvalue weighted by atomic mass is 11.0. The van der Waals surface area contributed by atoms with Gasteiger partial charge in [-0.25, -0.2) is 0 Å². The highest BCUT2D eigenvalue weighted by molar-refractivity contribution is 7.06. The van der Waals surface area contributed by atoms with Crippen LogP contribution in [0.3, 0.4) is 0 Å². The van der Waals surface area contributed by atoms with Gasteiger partial charge in [0.2, 0.25) is 0 Å². The van der Waals surface area contributed by atoms with Gasteiger partial charge in [-0.3, -0.25) is 4.79 Å². The van der Waals surface area contributed by atoms with Crippen molar-refractivity contribution in [3.8, 4) is 0 Å². The van der Waals surface area contributed by atoms with E-state index in [0.717, 1.165) is 11.3 Å². The molecule has 0 aromatic carbocycles. The molecule has 0 saturated heterocycles. The quantitative estimate of drug-likeness (QED) is 0.601. The molecule has 0 amide bonds. The summed E-state index contributed by atoms with van der Waals surface area (Å²) in [4.78, 5) is 9.87. The lowest BCUT2D eigenvalue weighted by Crippen LogP contribution is -1.98. The summed E-state index contributed by atoms with van der Waals surface area (Å²) in [6.07, 6.45) is 1.48. The minimum absolute atomic E-state index is 0. The SMILES string of the molecule is Cl.Cl.O=c1nnccs1. The van der Waals surface area contributed by atoms with Crippen LogP contribution in [-0.2, 0) is 0 Å². The van der Waals surface area contributed by atoms with E-state index in [0.29, 0.717) is 0 Å². The van der Waals surface area contributed by atoms with Crippen LogP contribution in [0.25, 0.3) is 0 Å². The van der Waals surface area contributed by atoms with E-state index in [1.165, 1.54) is 6.20 Å². The van der Waals surface area contributed by atoms with Crippen LogP contribution in [0.1, 0.15) is 0 Å². The highest BCUT2D eigenvalue weighted by Gasteiger charge is 1.74. The smallest absolute Gasteiger partial charge is 0.253 e. The molecular formula is C3H4Cl2N2OS. The van der Waals surface area contributed by atoms with E-state index in [1.807, 2.05) is 0 Å². The van der Waals surface area contributed by atoms with Gasteiger partial charge in [0, 0.05) is 5.38 Å². The van der Waals surface area contributed by atoms with E-state index in [9.17, 15) is 4.79 Å². The number of hydrogen-bond donors (Lipinski definition) is 0. The fourth-order valence-corrected chi connectivity index (χ4v) is 0.546. The first-order chi connectivity index (χ1) is 3.39. The highest BCUT2D eigenvalue weighted by Crippen LogP contribution is 1.73. The van der Waals surface area contributed by atoms with Crippen molar-refractivity contribution >= 4 is 36.2 Å². The topological polar surface area (TPSA) is 42.9 Å². The molecule has 6 heteroatoms. The van der Waals surface area contributed by atoms with Crippen LogP contribution < -0.4 is 4.87 Å². The predicted molar refractivity (Wildman–Crippen MR) is 40.7 cm³/mol. The van der Waals surface area contributed by atoms with Crippen molar-refractivity contribution in [1.29, 1.82) is 0 Å². The van der Waals surface area contributed by atoms with Gasteiger partial charge in [-0.15, -0.1) is 24.8 Å². The van der Waals surface area contributed by atoms with Gasteiger partial charge in [-0.1, -0.05) is 16.4 Å². The zero-order valence-corrected chi connectivity index (χ0v) is 6.63. The summed E-state index contributed by atoms with van der Waals surface area (Å²) in [7, 11) is 0. The molecule has 1 aromatic rings. The molecule has 3 nitrogen and oxygen atoms in total. The van der Waals surface area contributed by atoms with Crippen LogP contribution in [0.15, 0.2) is 16.4 Å². The number of rotatable bonds is 0. The van der Waals surface area contributed by atoms with Gasteiger partial charge in [-0.2, -0.15) is 5.10 Å². The molecule has 0 N–H and O–H groups in total. The average molecular weight is 187 g/mol. The van der Waals surface area contributed by atoms with Gasteiger partial charge in [-0.05, 0) is 0 Å². The molecule has 0 saturated carbocycles. The van der Waals surface area contributed by atoms with Crippen molar-refractivity contribution in [1.82, 2.24) is 10.2 Å². The molecule has 0 atom stereocenters. The zero-order valence-electron chi connectivity index (χ0n) is 4.18. The van der Waals surface area contributed by atoms with Crippen molar-refractivity contribution in [3.05, 3.63) is 21.2 Å². The van der Waals surface area contributed by atoms with E-state index < -0.39 is 0 Å². The number of nitrogens with zero attached hydrogens (tertiary/aromatic N) is 2. The van der Waals surface area contributed by atoms with E-state index in [4.69, 9.17) is 0 Å². The second-order valence-electron chi connectivity index (χ2n) is 0.884. The third kappa shape index (κ3) is 4.32. The molecule has 0 bridgehead atoms. The largest absolute Gasteiger partial charge is 0.344 e. The number of halogens is 2. The first-order valence-electron chi connectivity index (χ1n) is 1.66. The summed E-state index contributed by atoms with van der Waals surface area (Å²) in [5.41, 5.74) is 0. The first kappa shape index (κ1) is 11.6. The fraction of sp³-hybridized carbons (Fsp3) is 0. The summed E-state index contributed by atoms with van der Waals surface area (Å²) in [5.74, 6) is 0. The van der Waals surface area contributed by atoms with E-state index in [2.05, 4.69) is 10.2 Å². The van der Waals surface area contributed by atoms with Gasteiger partial charge in [0.25, 0.3) is 0 Å². The second kappa shape index (κ2) is 5.94. The molecule has 9 heavy (non-hydrogen) atoms. The van der Waals surface area contributed by atoms with E-state index in [1.54, 1.807) is 5.38 Å². The summed E-state index contributed by atoms with van der Waals surface area (Å²) in [6.45, 7) is 0. The number of hydrogen-bond acceptors (Lipinski definition) is 4. The lowest BCUT2D eigenvalue weighted by Gasteiger charge is -1.68. The summed E-state index contributed by atoms with van der Waals surface area (Å²) >= 11 is 1.04. The first-order valence-corrected chi connectivity index (χ1v) is 2.54. The second-order valence-corrected chi connectivity index (χ2v) is 1.74. The maximum absolute atomic E-state index is 10.1. The standard InChI is InChI=1S/C3H2N2OS.2ClH/c6-3-5-4-1-2-7-3;;/h1-2H;2*1H. The van der Waals surface area contributed by atoms with Crippen LogP contribution >= 0.6 is 36.2 Å². The summed E-state index contributed by atoms with van der Waals surface area (Å²) in [6, 6.07) is 0. The Morgan fingerprint density at radius 2 is 2.11 bits per heavy atom. The van der Waals surface area contributed by atoms with Gasteiger partial charge in [0.1, 0.15) is 0 Å². The van der Waals surface area contributed by atoms with Crippen molar-refractivity contribution in [3.63, 3.8) is 0 Å². The Balaban J connectivity index is 0. The highest BCUT2D eigenvalue weighted by atomic mass is 35.5. The minimum Gasteiger partial charge on any atom is -0.253 e. The monoisotopic (exact) mass is 186 g/mol. The molecule has 0 aliphatic rings. The van der Waals surface area contributed by atoms with Crippen LogP contribution in [0.2, 0.25) is 0 Å². The van der Waals surface area contributed by atoms with Gasteiger partial charge in [0.05, 0.1) is 6.20 Å². The molecule has 0 fully saturated rings. The van der Waals surface area contributed by atoms with Crippen LogP contribution in [-0.4, -0.2) is 10.2 Å². The molecular weight excluding hydrogens is 183 g/mol. The summed E-state index contributed by atoms with van der Waals surface area (Å²) < 4.78 is 0.